The molecular formula is C15H24N4OS. The number of nitrogens with two attached hydrogens (primary N) is 1. The summed E-state index contributed by atoms with van der Waals surface area (Å²) in [6.07, 6.45) is 6.07. The summed E-state index contributed by atoms with van der Waals surface area (Å²) in [6.45, 7) is 3.79. The highest BCUT2D eigenvalue weighted by Gasteiger charge is 2.38. The first-order chi connectivity index (χ1) is 10.1. The summed E-state index contributed by atoms with van der Waals surface area (Å²) in [4.78, 5) is 22.0. The molecule has 1 saturated heterocycles. The van der Waals surface area contributed by atoms with E-state index >= 15 is 0 Å². The molecule has 3 rings (SSSR count). The van der Waals surface area contributed by atoms with Gasteiger partial charge in [0, 0.05) is 26.2 Å². The average Bonchev–Trinajstić information content (AvgIpc) is 3.11. The molecule has 2 atom stereocenters. The minimum Gasteiger partial charge on any atom is -0.382 e. The molecule has 21 heavy (non-hydrogen) atoms. The maximum absolute atomic E-state index is 12.9. The third-order valence-corrected chi connectivity index (χ3v) is 6.06. The Morgan fingerprint density at radius 2 is 2.19 bits per heavy atom. The van der Waals surface area contributed by atoms with E-state index in [1.165, 1.54) is 30.6 Å². The molecule has 0 spiro atoms. The zero-order chi connectivity index (χ0) is 15.0. The van der Waals surface area contributed by atoms with Gasteiger partial charge in [-0.05, 0) is 38.5 Å². The van der Waals surface area contributed by atoms with Crippen LogP contribution in [-0.4, -0.2) is 42.0 Å². The Morgan fingerprint density at radius 1 is 1.43 bits per heavy atom. The van der Waals surface area contributed by atoms with Gasteiger partial charge in [0.15, 0.2) is 5.13 Å². The van der Waals surface area contributed by atoms with E-state index in [1.807, 2.05) is 11.9 Å². The van der Waals surface area contributed by atoms with Crippen LogP contribution in [0.3, 0.4) is 0 Å². The number of amides is 1. The summed E-state index contributed by atoms with van der Waals surface area (Å²) in [7, 11) is 1.97. The maximum atomic E-state index is 12.9. The molecule has 2 aliphatic rings. The quantitative estimate of drug-likeness (QED) is 0.932. The lowest BCUT2D eigenvalue weighted by Gasteiger charge is -2.37. The first-order valence-electron chi connectivity index (χ1n) is 7.90. The van der Waals surface area contributed by atoms with Crippen molar-refractivity contribution < 1.29 is 4.79 Å². The van der Waals surface area contributed by atoms with Gasteiger partial charge in [0.1, 0.15) is 10.7 Å². The Bertz CT molecular complexity index is 530. The molecule has 0 aromatic carbocycles. The van der Waals surface area contributed by atoms with Gasteiger partial charge in [0.2, 0.25) is 0 Å². The lowest BCUT2D eigenvalue weighted by atomic mass is 9.92. The van der Waals surface area contributed by atoms with Gasteiger partial charge in [-0.3, -0.25) is 4.79 Å². The van der Waals surface area contributed by atoms with Gasteiger partial charge in [0.05, 0.1) is 0 Å². The number of nitrogen functional groups attached to an aromatic ring is 1. The Morgan fingerprint density at radius 3 is 2.95 bits per heavy atom. The molecule has 2 heterocycles. The highest BCUT2D eigenvalue weighted by atomic mass is 32.1. The molecule has 0 radical (unpaired) electrons. The summed E-state index contributed by atoms with van der Waals surface area (Å²) >= 11 is 1.43. The van der Waals surface area contributed by atoms with E-state index in [0.29, 0.717) is 22.7 Å². The summed E-state index contributed by atoms with van der Waals surface area (Å²) < 4.78 is 0. The molecule has 1 aliphatic heterocycles. The van der Waals surface area contributed by atoms with Gasteiger partial charge in [-0.2, -0.15) is 0 Å². The third-order valence-electron chi connectivity index (χ3n) is 4.89. The van der Waals surface area contributed by atoms with Crippen molar-refractivity contribution in [1.82, 2.24) is 9.88 Å². The number of hydrogen-bond acceptors (Lipinski definition) is 5. The van der Waals surface area contributed by atoms with E-state index in [9.17, 15) is 4.79 Å². The van der Waals surface area contributed by atoms with Crippen molar-refractivity contribution in [3.05, 3.63) is 4.88 Å². The fourth-order valence-corrected chi connectivity index (χ4v) is 4.57. The zero-order valence-electron chi connectivity index (χ0n) is 12.8. The number of thiazole rings is 1. The number of piperidine rings is 1. The molecule has 116 valence electrons. The number of carbonyl (C=O) groups excluding carboxylic acids is 1. The number of nitrogens with zero attached hydrogens (tertiary/aromatic N) is 3. The Kier molecular flexibility index (Phi) is 4.06. The SMILES string of the molecule is CCN(C)c1nc(N)c(C(=O)N2CCCC3CCCC32)s1. The van der Waals surface area contributed by atoms with Crippen molar-refractivity contribution in [2.24, 2.45) is 5.92 Å². The molecule has 1 aromatic heterocycles. The first-order valence-corrected chi connectivity index (χ1v) is 8.72. The number of hydrogen-bond donors (Lipinski definition) is 1. The van der Waals surface area contributed by atoms with Crippen molar-refractivity contribution >= 4 is 28.2 Å². The first kappa shape index (κ1) is 14.6. The van der Waals surface area contributed by atoms with Crippen LogP contribution in [0.2, 0.25) is 0 Å². The number of aromatic nitrogens is 1. The van der Waals surface area contributed by atoms with Crippen LogP contribution < -0.4 is 10.6 Å². The molecule has 1 amide bonds. The third kappa shape index (κ3) is 2.61. The molecule has 2 fully saturated rings. The van der Waals surface area contributed by atoms with Crippen molar-refractivity contribution in [3.8, 4) is 0 Å². The second-order valence-electron chi connectivity index (χ2n) is 6.12. The normalized spacial score (nSPS) is 25.0. The number of anilines is 2. The van der Waals surface area contributed by atoms with Crippen LogP contribution in [-0.2, 0) is 0 Å². The smallest absolute Gasteiger partial charge is 0.268 e. The number of rotatable bonds is 3. The predicted molar refractivity (Wildman–Crippen MR) is 86.9 cm³/mol. The second-order valence-corrected chi connectivity index (χ2v) is 7.10. The van der Waals surface area contributed by atoms with E-state index in [4.69, 9.17) is 5.73 Å². The van der Waals surface area contributed by atoms with E-state index in [-0.39, 0.29) is 5.91 Å². The van der Waals surface area contributed by atoms with Gasteiger partial charge in [-0.25, -0.2) is 4.98 Å². The van der Waals surface area contributed by atoms with Crippen molar-refractivity contribution in [2.45, 2.75) is 45.1 Å². The fourth-order valence-electron chi connectivity index (χ4n) is 3.61. The monoisotopic (exact) mass is 308 g/mol. The van der Waals surface area contributed by atoms with Gasteiger partial charge < -0.3 is 15.5 Å². The van der Waals surface area contributed by atoms with Gasteiger partial charge >= 0.3 is 0 Å². The molecule has 2 unspecified atom stereocenters. The van der Waals surface area contributed by atoms with Crippen molar-refractivity contribution in [1.29, 1.82) is 0 Å². The fraction of sp³-hybridized carbons (Fsp3) is 0.733. The van der Waals surface area contributed by atoms with Gasteiger partial charge in [-0.15, -0.1) is 0 Å². The Balaban J connectivity index is 1.83. The molecule has 1 saturated carbocycles. The summed E-state index contributed by atoms with van der Waals surface area (Å²) in [5.41, 5.74) is 6.00. The standard InChI is InChI=1S/C15H24N4OS/c1-3-18(2)15-17-13(16)12(21-15)14(20)19-9-5-7-10-6-4-8-11(10)19/h10-11H,3-9,16H2,1-2H3. The minimum atomic E-state index is 0.0948. The number of fused-ring (bicyclic) bond motifs is 1. The van der Waals surface area contributed by atoms with Crippen molar-refractivity contribution in [2.75, 3.05) is 30.8 Å². The number of carbonyl (C=O) groups is 1. The van der Waals surface area contributed by atoms with Crippen LogP contribution in [0.5, 0.6) is 0 Å². The number of likely N-dealkylation sites (tertiary alicyclic amines) is 1. The predicted octanol–water partition coefficient (Wildman–Crippen LogP) is 2.59. The van der Waals surface area contributed by atoms with Crippen molar-refractivity contribution in [3.63, 3.8) is 0 Å². The highest BCUT2D eigenvalue weighted by Crippen LogP contribution is 2.38. The second kappa shape index (κ2) is 5.83. The van der Waals surface area contributed by atoms with Gasteiger partial charge in [0.25, 0.3) is 5.91 Å². The molecular weight excluding hydrogens is 284 g/mol. The lowest BCUT2D eigenvalue weighted by Crippen LogP contribution is -2.46. The molecule has 5 nitrogen and oxygen atoms in total. The minimum absolute atomic E-state index is 0.0948. The van der Waals surface area contributed by atoms with Gasteiger partial charge in [-0.1, -0.05) is 17.8 Å². The molecule has 2 N–H and O–H groups in total. The Hall–Kier alpha value is -1.30. The van der Waals surface area contributed by atoms with E-state index in [0.717, 1.165) is 31.1 Å². The molecule has 1 aromatic rings. The Labute approximate surface area is 130 Å². The van der Waals surface area contributed by atoms with Crippen LogP contribution in [0.15, 0.2) is 0 Å². The molecule has 0 bridgehead atoms. The maximum Gasteiger partial charge on any atom is 0.268 e. The lowest BCUT2D eigenvalue weighted by molar-refractivity contribution is 0.0554. The summed E-state index contributed by atoms with van der Waals surface area (Å²) in [6, 6.07) is 0.431. The zero-order valence-corrected chi connectivity index (χ0v) is 13.7. The van der Waals surface area contributed by atoms with E-state index in [1.54, 1.807) is 0 Å². The largest absolute Gasteiger partial charge is 0.382 e. The van der Waals surface area contributed by atoms with E-state index in [2.05, 4.69) is 16.8 Å². The van der Waals surface area contributed by atoms with Crippen LogP contribution in [0.25, 0.3) is 0 Å². The highest BCUT2D eigenvalue weighted by molar-refractivity contribution is 7.18. The summed E-state index contributed by atoms with van der Waals surface area (Å²) in [5.74, 6) is 1.19. The summed E-state index contributed by atoms with van der Waals surface area (Å²) in [5, 5.41) is 0.832. The van der Waals surface area contributed by atoms with E-state index < -0.39 is 0 Å². The topological polar surface area (TPSA) is 62.5 Å². The van der Waals surface area contributed by atoms with Crippen LogP contribution in [0.1, 0.15) is 48.7 Å². The van der Waals surface area contributed by atoms with Crippen LogP contribution >= 0.6 is 11.3 Å². The molecule has 6 heteroatoms. The van der Waals surface area contributed by atoms with Crippen LogP contribution in [0, 0.1) is 5.92 Å². The average molecular weight is 308 g/mol. The van der Waals surface area contributed by atoms with Crippen LogP contribution in [0.4, 0.5) is 10.9 Å². The molecule has 1 aliphatic carbocycles.